The van der Waals surface area contributed by atoms with E-state index in [0.29, 0.717) is 25.9 Å². The molecule has 19 heavy (non-hydrogen) atoms. The van der Waals surface area contributed by atoms with Crippen molar-refractivity contribution in [3.8, 4) is 0 Å². The highest BCUT2D eigenvalue weighted by Crippen LogP contribution is 2.17. The van der Waals surface area contributed by atoms with Gasteiger partial charge in [0.05, 0.1) is 5.92 Å². The van der Waals surface area contributed by atoms with Gasteiger partial charge in [0, 0.05) is 26.7 Å². The molecule has 7 heteroatoms. The van der Waals surface area contributed by atoms with Crippen LogP contribution in [-0.4, -0.2) is 66.0 Å². The number of rotatable bonds is 4. The second kappa shape index (κ2) is 6.96. The summed E-state index contributed by atoms with van der Waals surface area (Å²) in [7, 11) is 1.52. The van der Waals surface area contributed by atoms with Crippen LogP contribution in [0.4, 0.5) is 4.79 Å². The smallest absolute Gasteiger partial charge is 0.320 e. The molecular formula is C12H21N3O4. The number of likely N-dealkylation sites (tertiary alicyclic amines) is 1. The molecule has 2 N–H and O–H groups in total. The van der Waals surface area contributed by atoms with Crippen LogP contribution in [-0.2, 0) is 9.59 Å². The van der Waals surface area contributed by atoms with Crippen LogP contribution in [0.3, 0.4) is 0 Å². The topological polar surface area (TPSA) is 90.0 Å². The average Bonchev–Trinajstić information content (AvgIpc) is 2.43. The minimum Gasteiger partial charge on any atom is -0.481 e. The third-order valence-corrected chi connectivity index (χ3v) is 3.31. The lowest BCUT2D eigenvalue weighted by Crippen LogP contribution is -2.50. The molecule has 1 aliphatic heterocycles. The molecule has 1 atom stereocenters. The van der Waals surface area contributed by atoms with Gasteiger partial charge in [0.15, 0.2) is 0 Å². The van der Waals surface area contributed by atoms with E-state index in [0.717, 1.165) is 0 Å². The van der Waals surface area contributed by atoms with Crippen molar-refractivity contribution in [2.24, 2.45) is 5.92 Å². The summed E-state index contributed by atoms with van der Waals surface area (Å²) in [6.45, 7) is 2.98. The zero-order valence-electron chi connectivity index (χ0n) is 11.4. The minimum absolute atomic E-state index is 0.0000709. The van der Waals surface area contributed by atoms with Crippen LogP contribution >= 0.6 is 0 Å². The Morgan fingerprint density at radius 3 is 2.63 bits per heavy atom. The molecule has 0 aromatic carbocycles. The highest BCUT2D eigenvalue weighted by Gasteiger charge is 2.30. The standard InChI is InChI=1S/C12H21N3O4/c1-3-14(8-10(16)13-2)12(19)15-6-4-5-9(7-15)11(17)18/h9H,3-8H2,1-2H3,(H,13,16)(H,17,18). The molecule has 3 amide bonds. The van der Waals surface area contributed by atoms with Gasteiger partial charge in [-0.15, -0.1) is 0 Å². The number of carboxylic acid groups (broad SMARTS) is 1. The van der Waals surface area contributed by atoms with Crippen molar-refractivity contribution in [1.29, 1.82) is 0 Å². The second-order valence-electron chi connectivity index (χ2n) is 4.59. The van der Waals surface area contributed by atoms with E-state index < -0.39 is 11.9 Å². The Morgan fingerprint density at radius 1 is 1.42 bits per heavy atom. The summed E-state index contributed by atoms with van der Waals surface area (Å²) in [6.07, 6.45) is 1.28. The molecule has 0 saturated carbocycles. The number of carbonyl (C=O) groups excluding carboxylic acids is 2. The molecule has 1 unspecified atom stereocenters. The molecule has 7 nitrogen and oxygen atoms in total. The van der Waals surface area contributed by atoms with Crippen molar-refractivity contribution in [2.75, 3.05) is 33.2 Å². The molecule has 1 saturated heterocycles. The number of nitrogens with one attached hydrogen (secondary N) is 1. The van der Waals surface area contributed by atoms with Crippen LogP contribution in [0.2, 0.25) is 0 Å². The highest BCUT2D eigenvalue weighted by molar-refractivity contribution is 5.84. The van der Waals surface area contributed by atoms with Crippen molar-refractivity contribution in [3.63, 3.8) is 0 Å². The molecule has 0 spiro atoms. The number of carboxylic acids is 1. The fourth-order valence-electron chi connectivity index (χ4n) is 2.12. The van der Waals surface area contributed by atoms with Crippen molar-refractivity contribution in [1.82, 2.24) is 15.1 Å². The lowest BCUT2D eigenvalue weighted by atomic mass is 9.99. The predicted octanol–water partition coefficient (Wildman–Crippen LogP) is -0.0291. The summed E-state index contributed by atoms with van der Waals surface area (Å²) >= 11 is 0. The maximum Gasteiger partial charge on any atom is 0.320 e. The van der Waals surface area contributed by atoms with E-state index in [1.807, 2.05) is 0 Å². The average molecular weight is 271 g/mol. The quantitative estimate of drug-likeness (QED) is 0.751. The first-order valence-corrected chi connectivity index (χ1v) is 6.46. The number of amides is 3. The van der Waals surface area contributed by atoms with Crippen LogP contribution in [0.1, 0.15) is 19.8 Å². The Labute approximate surface area is 112 Å². The molecule has 0 aliphatic carbocycles. The fraction of sp³-hybridized carbons (Fsp3) is 0.750. The number of carbonyl (C=O) groups is 3. The Hall–Kier alpha value is -1.79. The summed E-state index contributed by atoms with van der Waals surface area (Å²) in [5.41, 5.74) is 0. The van der Waals surface area contributed by atoms with E-state index in [9.17, 15) is 14.4 Å². The highest BCUT2D eigenvalue weighted by atomic mass is 16.4. The van der Waals surface area contributed by atoms with Gasteiger partial charge in [-0.2, -0.15) is 0 Å². The van der Waals surface area contributed by atoms with E-state index in [1.165, 1.54) is 16.8 Å². The van der Waals surface area contributed by atoms with Gasteiger partial charge in [-0.1, -0.05) is 0 Å². The van der Waals surface area contributed by atoms with E-state index >= 15 is 0 Å². The maximum absolute atomic E-state index is 12.2. The van der Waals surface area contributed by atoms with Gasteiger partial charge >= 0.3 is 12.0 Å². The van der Waals surface area contributed by atoms with Crippen LogP contribution < -0.4 is 5.32 Å². The van der Waals surface area contributed by atoms with Gasteiger partial charge in [-0.05, 0) is 19.8 Å². The minimum atomic E-state index is -0.869. The number of nitrogens with zero attached hydrogens (tertiary/aromatic N) is 2. The normalized spacial score (nSPS) is 18.8. The molecule has 0 aromatic heterocycles. The fourth-order valence-corrected chi connectivity index (χ4v) is 2.12. The third kappa shape index (κ3) is 4.11. The van der Waals surface area contributed by atoms with Crippen molar-refractivity contribution < 1.29 is 19.5 Å². The van der Waals surface area contributed by atoms with Gasteiger partial charge < -0.3 is 20.2 Å². The summed E-state index contributed by atoms with van der Waals surface area (Å²) in [5.74, 6) is -1.61. The number of likely N-dealkylation sites (N-methyl/N-ethyl adjacent to an activating group) is 2. The molecule has 0 bridgehead atoms. The lowest BCUT2D eigenvalue weighted by molar-refractivity contribution is -0.143. The number of aliphatic carboxylic acids is 1. The maximum atomic E-state index is 12.2. The van der Waals surface area contributed by atoms with E-state index in [4.69, 9.17) is 5.11 Å². The van der Waals surface area contributed by atoms with Crippen molar-refractivity contribution in [3.05, 3.63) is 0 Å². The summed E-state index contributed by atoms with van der Waals surface area (Å²) in [5, 5.41) is 11.5. The Bertz CT molecular complexity index is 359. The first kappa shape index (κ1) is 15.3. The first-order valence-electron chi connectivity index (χ1n) is 6.46. The van der Waals surface area contributed by atoms with Gasteiger partial charge in [0.25, 0.3) is 0 Å². The van der Waals surface area contributed by atoms with Crippen LogP contribution in [0, 0.1) is 5.92 Å². The molecular weight excluding hydrogens is 250 g/mol. The largest absolute Gasteiger partial charge is 0.481 e. The van der Waals surface area contributed by atoms with Crippen molar-refractivity contribution >= 4 is 17.9 Å². The van der Waals surface area contributed by atoms with Crippen molar-refractivity contribution in [2.45, 2.75) is 19.8 Å². The molecule has 108 valence electrons. The van der Waals surface area contributed by atoms with Gasteiger partial charge in [-0.25, -0.2) is 4.79 Å². The third-order valence-electron chi connectivity index (χ3n) is 3.31. The number of urea groups is 1. The first-order chi connectivity index (χ1) is 8.99. The predicted molar refractivity (Wildman–Crippen MR) is 68.6 cm³/mol. The Balaban J connectivity index is 2.63. The molecule has 1 heterocycles. The van der Waals surface area contributed by atoms with E-state index in [1.54, 1.807) is 6.92 Å². The van der Waals surface area contributed by atoms with E-state index in [2.05, 4.69) is 5.32 Å². The Morgan fingerprint density at radius 2 is 2.11 bits per heavy atom. The SMILES string of the molecule is CCN(CC(=O)NC)C(=O)N1CCCC(C(=O)O)C1. The van der Waals surface area contributed by atoms with E-state index in [-0.39, 0.29) is 25.0 Å². The Kier molecular flexibility index (Phi) is 5.59. The number of piperidine rings is 1. The molecule has 1 rings (SSSR count). The molecule has 1 aliphatic rings. The second-order valence-corrected chi connectivity index (χ2v) is 4.59. The van der Waals surface area contributed by atoms with Crippen LogP contribution in [0.25, 0.3) is 0 Å². The molecule has 0 aromatic rings. The summed E-state index contributed by atoms with van der Waals surface area (Å²) in [4.78, 5) is 37.5. The number of hydrogen-bond donors (Lipinski definition) is 2. The van der Waals surface area contributed by atoms with Gasteiger partial charge in [0.2, 0.25) is 5.91 Å². The summed E-state index contributed by atoms with van der Waals surface area (Å²) in [6, 6.07) is -0.267. The van der Waals surface area contributed by atoms with Crippen LogP contribution in [0.5, 0.6) is 0 Å². The zero-order chi connectivity index (χ0) is 14.4. The monoisotopic (exact) mass is 271 g/mol. The van der Waals surface area contributed by atoms with Gasteiger partial charge in [0.1, 0.15) is 6.54 Å². The molecule has 1 fully saturated rings. The molecule has 0 radical (unpaired) electrons. The lowest BCUT2D eigenvalue weighted by Gasteiger charge is -2.34. The zero-order valence-corrected chi connectivity index (χ0v) is 11.4. The summed E-state index contributed by atoms with van der Waals surface area (Å²) < 4.78 is 0. The van der Waals surface area contributed by atoms with Crippen LogP contribution in [0.15, 0.2) is 0 Å². The number of hydrogen-bond acceptors (Lipinski definition) is 3. The van der Waals surface area contributed by atoms with Gasteiger partial charge in [-0.3, -0.25) is 9.59 Å².